The third-order valence-electron chi connectivity index (χ3n) is 0. The van der Waals surface area contributed by atoms with E-state index >= 15 is 0 Å². The molecule has 0 aromatic carbocycles. The third-order valence-corrected chi connectivity index (χ3v) is 0. The van der Waals surface area contributed by atoms with Crippen molar-refractivity contribution in [2.24, 2.45) is 0 Å². The molecule has 0 aliphatic rings. The standard InChI is InChI=1S/Li.4H2O.Ti/h;4*1H2;/q+1;;;;;/p-3. The smallest absolute Gasteiger partial charge is 0.870 e. The molecule has 0 fully saturated rings. The van der Waals surface area contributed by atoms with E-state index in [1.165, 1.54) is 0 Å². The zero-order valence-corrected chi connectivity index (χ0v) is 4.85. The summed E-state index contributed by atoms with van der Waals surface area (Å²) in [5, 5.41) is 0. The second-order valence-corrected chi connectivity index (χ2v) is 0. The first-order chi connectivity index (χ1) is 0. The molecule has 0 amide bonds. The van der Waals surface area contributed by atoms with Crippen LogP contribution in [0.1, 0.15) is 1.43 Å². The van der Waals surface area contributed by atoms with Crippen molar-refractivity contribution in [1.29, 1.82) is 0 Å². The van der Waals surface area contributed by atoms with E-state index in [4.69, 9.17) is 0 Å². The predicted octanol–water partition coefficient (Wildman–Crippen LogP) is -3.59. The summed E-state index contributed by atoms with van der Waals surface area (Å²) in [4.78, 5) is 0. The van der Waals surface area contributed by atoms with Crippen LogP contribution in [0.3, 0.4) is 0 Å². The van der Waals surface area contributed by atoms with E-state index in [9.17, 15) is 0 Å². The first-order valence-corrected chi connectivity index (χ1v) is 0. The molecule has 0 unspecified atom stereocenters. The summed E-state index contributed by atoms with van der Waals surface area (Å²) < 4.78 is 0. The second kappa shape index (κ2) is 123. The van der Waals surface area contributed by atoms with Crippen LogP contribution in [0.4, 0.5) is 0 Å². The molecule has 0 atom stereocenters. The molecular formula is H5LiO4Ti-2. The summed E-state index contributed by atoms with van der Waals surface area (Å²) in [6.45, 7) is 0. The molecule has 36 valence electrons. The Morgan fingerprint density at radius 1 is 0.667 bits per heavy atom. The number of rotatable bonds is 0. The van der Waals surface area contributed by atoms with Crippen LogP contribution >= 0.6 is 0 Å². The van der Waals surface area contributed by atoms with E-state index in [2.05, 4.69) is 0 Å². The van der Waals surface area contributed by atoms with Gasteiger partial charge in [0.25, 0.3) is 0 Å². The first kappa shape index (κ1) is 204. The third kappa shape index (κ3) is 66.9. The fraction of sp³-hybridized carbons (Fsp3) is 0. The molecule has 4 N–H and O–H groups in total. The van der Waals surface area contributed by atoms with Gasteiger partial charge in [0, 0.05) is 21.7 Å². The number of hydrogen-bond donors (Lipinski definition) is 0. The van der Waals surface area contributed by atoms with Crippen LogP contribution in [0.2, 0.25) is 0 Å². The summed E-state index contributed by atoms with van der Waals surface area (Å²) in [5.74, 6) is 0. The molecule has 4 nitrogen and oxygen atoms in total. The van der Waals surface area contributed by atoms with Crippen LogP contribution in [0.25, 0.3) is 0 Å². The largest absolute Gasteiger partial charge is 1.00 e. The van der Waals surface area contributed by atoms with Crippen LogP contribution in [-0.2, 0) is 21.7 Å². The maximum atomic E-state index is 0. The van der Waals surface area contributed by atoms with Crippen LogP contribution in [0.15, 0.2) is 0 Å². The molecule has 6 heteroatoms. The van der Waals surface area contributed by atoms with Gasteiger partial charge >= 0.3 is 20.3 Å². The van der Waals surface area contributed by atoms with Crippen molar-refractivity contribution in [2.75, 3.05) is 0 Å². The van der Waals surface area contributed by atoms with Crippen molar-refractivity contribution in [3.63, 3.8) is 0 Å². The van der Waals surface area contributed by atoms with E-state index in [1.54, 1.807) is 0 Å². The molecule has 0 heterocycles. The Balaban J connectivity index is 0. The molecule has 0 saturated carbocycles. The average Bonchev–Trinajstić information content (AvgIpc) is 0. The van der Waals surface area contributed by atoms with E-state index in [1.807, 2.05) is 0 Å². The van der Waals surface area contributed by atoms with Crippen LogP contribution in [0, 0.1) is 0 Å². The van der Waals surface area contributed by atoms with Gasteiger partial charge in [-0.05, 0) is 0 Å². The Bertz CT molecular complexity index is 11.7. The van der Waals surface area contributed by atoms with Gasteiger partial charge in [-0.1, -0.05) is 0 Å². The van der Waals surface area contributed by atoms with Gasteiger partial charge in [-0.25, -0.2) is 0 Å². The van der Waals surface area contributed by atoms with Gasteiger partial charge in [0.1, 0.15) is 0 Å². The Hall–Kier alpha value is 1.15. The summed E-state index contributed by atoms with van der Waals surface area (Å²) in [5.41, 5.74) is 0. The zero-order chi connectivity index (χ0) is 0. The second-order valence-electron chi connectivity index (χ2n) is 0. The summed E-state index contributed by atoms with van der Waals surface area (Å²) >= 11 is 0. The van der Waals surface area contributed by atoms with E-state index < -0.39 is 0 Å². The molecule has 0 radical (unpaired) electrons. The van der Waals surface area contributed by atoms with Gasteiger partial charge in [0.05, 0.1) is 0 Å². The van der Waals surface area contributed by atoms with Gasteiger partial charge in [-0.15, -0.1) is 0 Å². The first-order valence-electron chi connectivity index (χ1n) is 0. The van der Waals surface area contributed by atoms with Gasteiger partial charge in [-0.2, -0.15) is 0 Å². The number of hydrogen-bond acceptors (Lipinski definition) is 4. The van der Waals surface area contributed by atoms with Gasteiger partial charge in [-0.3, -0.25) is 0 Å². The summed E-state index contributed by atoms with van der Waals surface area (Å²) in [7, 11) is 0. The molecule has 0 spiro atoms. The fourth-order valence-electron chi connectivity index (χ4n) is 0. The summed E-state index contributed by atoms with van der Waals surface area (Å²) in [6, 6.07) is 0. The topological polar surface area (TPSA) is 120 Å². The maximum absolute atomic E-state index is 0. The van der Waals surface area contributed by atoms with Crippen molar-refractivity contribution in [3.05, 3.63) is 0 Å². The monoisotopic (exact) mass is 124 g/mol. The fourth-order valence-corrected chi connectivity index (χ4v) is 0. The Kier molecular flexibility index (Phi) is 4190. The van der Waals surface area contributed by atoms with Crippen LogP contribution in [-0.4, -0.2) is 21.9 Å². The van der Waals surface area contributed by atoms with Crippen molar-refractivity contribution in [3.8, 4) is 0 Å². The van der Waals surface area contributed by atoms with E-state index in [0.717, 1.165) is 0 Å². The summed E-state index contributed by atoms with van der Waals surface area (Å²) in [6.07, 6.45) is 0. The Morgan fingerprint density at radius 3 is 0.667 bits per heavy atom. The van der Waals surface area contributed by atoms with Crippen LogP contribution in [0.5, 0.6) is 0 Å². The molecule has 0 aromatic heterocycles. The zero-order valence-electron chi connectivity index (χ0n) is 4.29. The molecule has 0 saturated heterocycles. The van der Waals surface area contributed by atoms with Crippen molar-refractivity contribution in [1.82, 2.24) is 0 Å². The SMILES string of the molecule is [H+].[Li+].[OH-].[OH-].[OH-].[OH-].[Ti]. The molecule has 6 heavy (non-hydrogen) atoms. The average molecular weight is 124 g/mol. The Morgan fingerprint density at radius 2 is 0.667 bits per heavy atom. The minimum atomic E-state index is 0. The van der Waals surface area contributed by atoms with Crippen molar-refractivity contribution < 1.29 is 63.9 Å². The van der Waals surface area contributed by atoms with Crippen LogP contribution < -0.4 is 18.9 Å². The Labute approximate surface area is 64.1 Å². The molecule has 0 aliphatic carbocycles. The van der Waals surface area contributed by atoms with E-state index in [-0.39, 0.29) is 63.9 Å². The molecule has 0 aromatic rings. The quantitative estimate of drug-likeness (QED) is 0.309. The van der Waals surface area contributed by atoms with E-state index in [0.29, 0.717) is 0 Å². The van der Waals surface area contributed by atoms with Gasteiger partial charge in [0.15, 0.2) is 0 Å². The molecular weight excluding hydrogens is 119 g/mol. The predicted molar refractivity (Wildman–Crippen MR) is 8.86 cm³/mol. The maximum Gasteiger partial charge on any atom is 1.00 e. The van der Waals surface area contributed by atoms with Crippen molar-refractivity contribution in [2.45, 2.75) is 0 Å². The minimum absolute atomic E-state index is 0. The van der Waals surface area contributed by atoms with Gasteiger partial charge in [0.2, 0.25) is 0 Å². The normalized spacial score (nSPS) is 0. The molecule has 0 rings (SSSR count). The molecule has 0 aliphatic heterocycles. The van der Waals surface area contributed by atoms with Gasteiger partial charge < -0.3 is 21.9 Å². The minimum Gasteiger partial charge on any atom is -0.870 e. The van der Waals surface area contributed by atoms with Crippen molar-refractivity contribution >= 4 is 0 Å². The molecule has 0 bridgehead atoms.